The van der Waals surface area contributed by atoms with Crippen LogP contribution in [0.25, 0.3) is 0 Å². The van der Waals surface area contributed by atoms with E-state index in [-0.39, 0.29) is 23.5 Å². The van der Waals surface area contributed by atoms with Crippen LogP contribution in [0.5, 0.6) is 0 Å². The summed E-state index contributed by atoms with van der Waals surface area (Å²) in [6, 6.07) is 8.07. The Bertz CT molecular complexity index is 658. The number of rotatable bonds is 8. The standard InChI is InChI=1S/C18H27NO3S2/c1-3-4-10-19(17-9-11-24(21,22)14-17)18(20)13-23-12-16-8-6-5-7-15(16)2/h5-8,17H,3-4,9-14H2,1-2H3. The fraction of sp³-hybridized carbons (Fsp3) is 0.611. The molecule has 24 heavy (non-hydrogen) atoms. The molecule has 6 heteroatoms. The molecule has 0 aromatic heterocycles. The number of carbonyl (C=O) groups excluding carboxylic acids is 1. The summed E-state index contributed by atoms with van der Waals surface area (Å²) < 4.78 is 23.5. The first-order valence-corrected chi connectivity index (χ1v) is 11.5. The van der Waals surface area contributed by atoms with Crippen molar-refractivity contribution in [3.05, 3.63) is 35.4 Å². The summed E-state index contributed by atoms with van der Waals surface area (Å²) in [6.07, 6.45) is 2.50. The van der Waals surface area contributed by atoms with E-state index in [0.29, 0.717) is 18.7 Å². The molecule has 0 spiro atoms. The highest BCUT2D eigenvalue weighted by molar-refractivity contribution is 7.99. The molecule has 0 aliphatic carbocycles. The molecule has 1 aliphatic heterocycles. The second-order valence-electron chi connectivity index (χ2n) is 6.42. The van der Waals surface area contributed by atoms with E-state index in [4.69, 9.17) is 0 Å². The van der Waals surface area contributed by atoms with Gasteiger partial charge in [-0.15, -0.1) is 11.8 Å². The van der Waals surface area contributed by atoms with Gasteiger partial charge in [0, 0.05) is 18.3 Å². The fourth-order valence-corrected chi connectivity index (χ4v) is 5.68. The number of hydrogen-bond acceptors (Lipinski definition) is 4. The van der Waals surface area contributed by atoms with Crippen molar-refractivity contribution in [3.8, 4) is 0 Å². The number of nitrogens with zero attached hydrogens (tertiary/aromatic N) is 1. The van der Waals surface area contributed by atoms with Crippen LogP contribution in [0.15, 0.2) is 24.3 Å². The van der Waals surface area contributed by atoms with E-state index in [1.165, 1.54) is 11.1 Å². The van der Waals surface area contributed by atoms with Crippen LogP contribution in [0.1, 0.15) is 37.3 Å². The lowest BCUT2D eigenvalue weighted by Crippen LogP contribution is -2.42. The highest BCUT2D eigenvalue weighted by Crippen LogP contribution is 2.21. The van der Waals surface area contributed by atoms with E-state index in [9.17, 15) is 13.2 Å². The van der Waals surface area contributed by atoms with Gasteiger partial charge in [0.2, 0.25) is 5.91 Å². The quantitative estimate of drug-likeness (QED) is 0.707. The molecule has 0 bridgehead atoms. The lowest BCUT2D eigenvalue weighted by Gasteiger charge is -2.28. The molecule has 1 unspecified atom stereocenters. The molecule has 1 saturated heterocycles. The second kappa shape index (κ2) is 8.90. The SMILES string of the molecule is CCCCN(C(=O)CSCc1ccccc1C)C1CCS(=O)(=O)C1. The molecule has 4 nitrogen and oxygen atoms in total. The molecule has 1 atom stereocenters. The van der Waals surface area contributed by atoms with Gasteiger partial charge in [-0.05, 0) is 30.9 Å². The Hall–Kier alpha value is -1.01. The largest absolute Gasteiger partial charge is 0.338 e. The monoisotopic (exact) mass is 369 g/mol. The first-order valence-electron chi connectivity index (χ1n) is 8.55. The van der Waals surface area contributed by atoms with E-state index in [1.807, 2.05) is 17.0 Å². The Morgan fingerprint density at radius 1 is 1.33 bits per heavy atom. The van der Waals surface area contributed by atoms with Gasteiger partial charge in [-0.3, -0.25) is 4.79 Å². The van der Waals surface area contributed by atoms with Crippen LogP contribution >= 0.6 is 11.8 Å². The third-order valence-corrected chi connectivity index (χ3v) is 7.18. The minimum atomic E-state index is -2.97. The van der Waals surface area contributed by atoms with E-state index >= 15 is 0 Å². The zero-order valence-corrected chi connectivity index (χ0v) is 16.2. The summed E-state index contributed by atoms with van der Waals surface area (Å²) in [7, 11) is -2.97. The summed E-state index contributed by atoms with van der Waals surface area (Å²) >= 11 is 1.61. The van der Waals surface area contributed by atoms with Crippen molar-refractivity contribution >= 4 is 27.5 Å². The van der Waals surface area contributed by atoms with Crippen molar-refractivity contribution in [1.29, 1.82) is 0 Å². The third kappa shape index (κ3) is 5.52. The number of sulfone groups is 1. The number of hydrogen-bond donors (Lipinski definition) is 0. The number of benzene rings is 1. The van der Waals surface area contributed by atoms with Crippen LogP contribution in [-0.4, -0.2) is 49.1 Å². The van der Waals surface area contributed by atoms with Gasteiger partial charge in [0.1, 0.15) is 0 Å². The molecule has 1 amide bonds. The maximum absolute atomic E-state index is 12.6. The molecule has 1 aromatic carbocycles. The maximum atomic E-state index is 12.6. The van der Waals surface area contributed by atoms with Gasteiger partial charge in [0.05, 0.1) is 17.3 Å². The molecular formula is C18H27NO3S2. The highest BCUT2D eigenvalue weighted by Gasteiger charge is 2.34. The van der Waals surface area contributed by atoms with E-state index in [2.05, 4.69) is 26.0 Å². The van der Waals surface area contributed by atoms with Crippen LogP contribution in [0.2, 0.25) is 0 Å². The van der Waals surface area contributed by atoms with Gasteiger partial charge >= 0.3 is 0 Å². The van der Waals surface area contributed by atoms with Crippen LogP contribution in [0.4, 0.5) is 0 Å². The van der Waals surface area contributed by atoms with Gasteiger partial charge in [-0.25, -0.2) is 8.42 Å². The van der Waals surface area contributed by atoms with Crippen LogP contribution in [0.3, 0.4) is 0 Å². The predicted molar refractivity (Wildman–Crippen MR) is 101 cm³/mol. The first-order chi connectivity index (χ1) is 11.4. The van der Waals surface area contributed by atoms with Crippen LogP contribution in [0, 0.1) is 6.92 Å². The predicted octanol–water partition coefficient (Wildman–Crippen LogP) is 3.04. The first kappa shape index (κ1) is 19.3. The number of carbonyl (C=O) groups is 1. The van der Waals surface area contributed by atoms with Gasteiger partial charge in [-0.2, -0.15) is 0 Å². The summed E-state index contributed by atoms with van der Waals surface area (Å²) in [5.41, 5.74) is 2.49. The Labute approximate surface area is 149 Å². The Morgan fingerprint density at radius 2 is 2.08 bits per heavy atom. The summed E-state index contributed by atoms with van der Waals surface area (Å²) in [4.78, 5) is 14.5. The summed E-state index contributed by atoms with van der Waals surface area (Å²) in [5, 5.41) is 0. The molecule has 134 valence electrons. The van der Waals surface area contributed by atoms with E-state index in [1.54, 1.807) is 11.8 Å². The Balaban J connectivity index is 1.91. The zero-order chi connectivity index (χ0) is 17.6. The highest BCUT2D eigenvalue weighted by atomic mass is 32.2. The van der Waals surface area contributed by atoms with Crippen LogP contribution < -0.4 is 0 Å². The number of thioether (sulfide) groups is 1. The molecule has 0 radical (unpaired) electrons. The lowest BCUT2D eigenvalue weighted by atomic mass is 10.1. The van der Waals surface area contributed by atoms with Crippen molar-refractivity contribution in [2.24, 2.45) is 0 Å². The van der Waals surface area contributed by atoms with Crippen molar-refractivity contribution in [2.45, 2.75) is 44.9 Å². The van der Waals surface area contributed by atoms with Gasteiger partial charge in [0.25, 0.3) is 0 Å². The third-order valence-electron chi connectivity index (χ3n) is 4.47. The van der Waals surface area contributed by atoms with Crippen molar-refractivity contribution in [2.75, 3.05) is 23.8 Å². The molecule has 0 saturated carbocycles. The van der Waals surface area contributed by atoms with Gasteiger partial charge in [-0.1, -0.05) is 37.6 Å². The van der Waals surface area contributed by atoms with Gasteiger partial charge < -0.3 is 4.90 Å². The Morgan fingerprint density at radius 3 is 2.71 bits per heavy atom. The second-order valence-corrected chi connectivity index (χ2v) is 9.63. The molecule has 1 aliphatic rings. The molecule has 1 fully saturated rings. The van der Waals surface area contributed by atoms with Crippen molar-refractivity contribution < 1.29 is 13.2 Å². The minimum Gasteiger partial charge on any atom is -0.338 e. The lowest BCUT2D eigenvalue weighted by molar-refractivity contribution is -0.130. The fourth-order valence-electron chi connectivity index (χ4n) is 2.96. The average Bonchev–Trinajstić information content (AvgIpc) is 2.89. The normalized spacial score (nSPS) is 19.3. The molecule has 1 aromatic rings. The number of aryl methyl sites for hydroxylation is 1. The number of unbranched alkanes of at least 4 members (excludes halogenated alkanes) is 1. The van der Waals surface area contributed by atoms with Crippen molar-refractivity contribution in [1.82, 2.24) is 4.90 Å². The smallest absolute Gasteiger partial charge is 0.232 e. The Kier molecular flexibility index (Phi) is 7.16. The van der Waals surface area contributed by atoms with Gasteiger partial charge in [0.15, 0.2) is 9.84 Å². The molecule has 0 N–H and O–H groups in total. The van der Waals surface area contributed by atoms with Crippen molar-refractivity contribution in [3.63, 3.8) is 0 Å². The minimum absolute atomic E-state index is 0.0733. The zero-order valence-electron chi connectivity index (χ0n) is 14.5. The molecular weight excluding hydrogens is 342 g/mol. The molecule has 1 heterocycles. The topological polar surface area (TPSA) is 54.5 Å². The van der Waals surface area contributed by atoms with Crippen LogP contribution in [-0.2, 0) is 20.4 Å². The average molecular weight is 370 g/mol. The maximum Gasteiger partial charge on any atom is 0.232 e. The number of amides is 1. The summed E-state index contributed by atoms with van der Waals surface area (Å²) in [5.74, 6) is 1.64. The van der Waals surface area contributed by atoms with E-state index < -0.39 is 9.84 Å². The van der Waals surface area contributed by atoms with E-state index in [0.717, 1.165) is 18.6 Å². The summed E-state index contributed by atoms with van der Waals surface area (Å²) in [6.45, 7) is 4.83. The molecule has 2 rings (SSSR count).